The summed E-state index contributed by atoms with van der Waals surface area (Å²) in [4.78, 5) is 5.07. The van der Waals surface area contributed by atoms with E-state index in [1.807, 2.05) is 11.8 Å². The van der Waals surface area contributed by atoms with Gasteiger partial charge in [-0.25, -0.2) is 0 Å². The largest absolute Gasteiger partial charge is 0.379 e. The molecular weight excluding hydrogens is 308 g/mol. The average molecular weight is 345 g/mol. The van der Waals surface area contributed by atoms with Crippen LogP contribution in [0, 0.1) is 0 Å². The molecule has 0 N–H and O–H groups in total. The third kappa shape index (κ3) is 9.92. The SMILES string of the molecule is C1CCN(CCOCCSCCOCCN2CCCCC2)CC1. The van der Waals surface area contributed by atoms with Crippen LogP contribution in [0.2, 0.25) is 0 Å². The zero-order valence-electron chi connectivity index (χ0n) is 14.8. The zero-order chi connectivity index (χ0) is 16.0. The van der Waals surface area contributed by atoms with Crippen molar-refractivity contribution < 1.29 is 9.47 Å². The van der Waals surface area contributed by atoms with Crippen molar-refractivity contribution in [1.29, 1.82) is 0 Å². The molecule has 0 spiro atoms. The Bertz CT molecular complexity index is 244. The molecule has 5 heteroatoms. The van der Waals surface area contributed by atoms with E-state index in [0.717, 1.165) is 51.0 Å². The second kappa shape index (κ2) is 13.5. The Morgan fingerprint density at radius 2 is 1.00 bits per heavy atom. The smallest absolute Gasteiger partial charge is 0.0593 e. The molecule has 2 aliphatic heterocycles. The van der Waals surface area contributed by atoms with Crippen LogP contribution in [0.5, 0.6) is 0 Å². The summed E-state index contributed by atoms with van der Waals surface area (Å²) in [5, 5.41) is 0. The standard InChI is InChI=1S/C18H36N2O2S/c1-3-7-19(8-4-1)11-13-21-15-17-23-18-16-22-14-12-20-9-5-2-6-10-20/h1-18H2. The Kier molecular flexibility index (Phi) is 11.4. The highest BCUT2D eigenvalue weighted by Crippen LogP contribution is 2.08. The van der Waals surface area contributed by atoms with E-state index in [9.17, 15) is 0 Å². The van der Waals surface area contributed by atoms with Gasteiger partial charge >= 0.3 is 0 Å². The van der Waals surface area contributed by atoms with E-state index in [2.05, 4.69) is 9.80 Å². The van der Waals surface area contributed by atoms with Crippen LogP contribution < -0.4 is 0 Å². The van der Waals surface area contributed by atoms with E-state index in [-0.39, 0.29) is 0 Å². The van der Waals surface area contributed by atoms with Crippen molar-refractivity contribution in [2.24, 2.45) is 0 Å². The van der Waals surface area contributed by atoms with Gasteiger partial charge in [-0.1, -0.05) is 12.8 Å². The van der Waals surface area contributed by atoms with Gasteiger partial charge in [0.15, 0.2) is 0 Å². The Morgan fingerprint density at radius 3 is 1.43 bits per heavy atom. The quantitative estimate of drug-likeness (QED) is 0.507. The minimum atomic E-state index is 0.881. The van der Waals surface area contributed by atoms with Crippen molar-refractivity contribution >= 4 is 11.8 Å². The average Bonchev–Trinajstić information content (AvgIpc) is 2.61. The molecule has 2 rings (SSSR count). The molecule has 136 valence electrons. The predicted molar refractivity (Wildman–Crippen MR) is 99.5 cm³/mol. The first-order valence-corrected chi connectivity index (χ1v) is 10.8. The lowest BCUT2D eigenvalue weighted by Gasteiger charge is -2.26. The molecule has 2 saturated heterocycles. The first-order valence-electron chi connectivity index (χ1n) is 9.63. The van der Waals surface area contributed by atoms with Crippen LogP contribution in [0.15, 0.2) is 0 Å². The number of rotatable bonds is 12. The fourth-order valence-corrected chi connectivity index (χ4v) is 3.97. The maximum absolute atomic E-state index is 5.73. The molecule has 0 saturated carbocycles. The zero-order valence-corrected chi connectivity index (χ0v) is 15.7. The third-order valence-corrected chi connectivity index (χ3v) is 5.66. The lowest BCUT2D eigenvalue weighted by molar-refractivity contribution is 0.105. The summed E-state index contributed by atoms with van der Waals surface area (Å²) < 4.78 is 11.5. The lowest BCUT2D eigenvalue weighted by atomic mass is 10.1. The van der Waals surface area contributed by atoms with Crippen molar-refractivity contribution in [3.05, 3.63) is 0 Å². The molecule has 23 heavy (non-hydrogen) atoms. The predicted octanol–water partition coefficient (Wildman–Crippen LogP) is 2.72. The number of hydrogen-bond acceptors (Lipinski definition) is 5. The van der Waals surface area contributed by atoms with Crippen molar-refractivity contribution in [2.45, 2.75) is 38.5 Å². The van der Waals surface area contributed by atoms with Crippen LogP contribution in [0.1, 0.15) is 38.5 Å². The van der Waals surface area contributed by atoms with Crippen LogP contribution in [-0.2, 0) is 9.47 Å². The third-order valence-electron chi connectivity index (χ3n) is 4.75. The Hall–Kier alpha value is 0.190. The first-order chi connectivity index (χ1) is 11.4. The number of thioether (sulfide) groups is 1. The number of piperidine rings is 2. The minimum absolute atomic E-state index is 0.881. The van der Waals surface area contributed by atoms with E-state index in [1.54, 1.807) is 0 Å². The van der Waals surface area contributed by atoms with Gasteiger partial charge in [0.05, 0.1) is 26.4 Å². The van der Waals surface area contributed by atoms with Gasteiger partial charge in [0.2, 0.25) is 0 Å². The van der Waals surface area contributed by atoms with E-state index in [4.69, 9.17) is 9.47 Å². The van der Waals surface area contributed by atoms with Gasteiger partial charge in [-0.2, -0.15) is 11.8 Å². The summed E-state index contributed by atoms with van der Waals surface area (Å²) in [5.74, 6) is 2.19. The molecule has 0 aromatic rings. The maximum atomic E-state index is 5.73. The fourth-order valence-electron chi connectivity index (χ4n) is 3.30. The van der Waals surface area contributed by atoms with E-state index < -0.39 is 0 Å². The van der Waals surface area contributed by atoms with Crippen LogP contribution in [0.4, 0.5) is 0 Å². The van der Waals surface area contributed by atoms with E-state index in [1.165, 1.54) is 64.7 Å². The van der Waals surface area contributed by atoms with Crippen molar-refractivity contribution in [3.63, 3.8) is 0 Å². The molecule has 0 atom stereocenters. The Morgan fingerprint density at radius 1 is 0.565 bits per heavy atom. The number of nitrogens with zero attached hydrogens (tertiary/aromatic N) is 2. The molecule has 2 fully saturated rings. The molecule has 2 heterocycles. The Balaban J connectivity index is 1.26. The molecule has 0 aliphatic carbocycles. The summed E-state index contributed by atoms with van der Waals surface area (Å²) in [6.07, 6.45) is 8.30. The number of hydrogen-bond donors (Lipinski definition) is 0. The van der Waals surface area contributed by atoms with Crippen molar-refractivity contribution in [1.82, 2.24) is 9.80 Å². The van der Waals surface area contributed by atoms with E-state index >= 15 is 0 Å². The van der Waals surface area contributed by atoms with E-state index in [0.29, 0.717) is 0 Å². The molecule has 4 nitrogen and oxygen atoms in total. The normalized spacial score (nSPS) is 20.9. The van der Waals surface area contributed by atoms with Gasteiger partial charge in [-0.3, -0.25) is 0 Å². The molecular formula is C18H36N2O2S. The van der Waals surface area contributed by atoms with Gasteiger partial charge in [0.1, 0.15) is 0 Å². The van der Waals surface area contributed by atoms with Crippen LogP contribution >= 0.6 is 11.8 Å². The van der Waals surface area contributed by atoms with Gasteiger partial charge in [0, 0.05) is 24.6 Å². The monoisotopic (exact) mass is 344 g/mol. The first kappa shape index (κ1) is 19.5. The van der Waals surface area contributed by atoms with Crippen LogP contribution in [0.3, 0.4) is 0 Å². The molecule has 0 radical (unpaired) electrons. The summed E-state index contributed by atoms with van der Waals surface area (Å²) in [5.41, 5.74) is 0. The van der Waals surface area contributed by atoms with Crippen LogP contribution in [0.25, 0.3) is 0 Å². The van der Waals surface area contributed by atoms with Crippen molar-refractivity contribution in [2.75, 3.05) is 77.2 Å². The summed E-state index contributed by atoms with van der Waals surface area (Å²) in [6.45, 7) is 10.9. The fraction of sp³-hybridized carbons (Fsp3) is 1.00. The molecule has 0 bridgehead atoms. The molecule has 0 unspecified atom stereocenters. The lowest BCUT2D eigenvalue weighted by Crippen LogP contribution is -2.32. The van der Waals surface area contributed by atoms with Gasteiger partial charge in [-0.15, -0.1) is 0 Å². The second-order valence-electron chi connectivity index (χ2n) is 6.64. The number of ether oxygens (including phenoxy) is 2. The Labute approximate surface area is 147 Å². The topological polar surface area (TPSA) is 24.9 Å². The molecule has 0 aromatic heterocycles. The van der Waals surface area contributed by atoms with Crippen LogP contribution in [-0.4, -0.2) is 87.0 Å². The molecule has 0 aromatic carbocycles. The summed E-state index contributed by atoms with van der Waals surface area (Å²) >= 11 is 1.95. The molecule has 2 aliphatic rings. The molecule has 0 amide bonds. The van der Waals surface area contributed by atoms with Crippen molar-refractivity contribution in [3.8, 4) is 0 Å². The summed E-state index contributed by atoms with van der Waals surface area (Å²) in [6, 6.07) is 0. The highest BCUT2D eigenvalue weighted by molar-refractivity contribution is 7.99. The minimum Gasteiger partial charge on any atom is -0.379 e. The maximum Gasteiger partial charge on any atom is 0.0593 e. The number of likely N-dealkylation sites (tertiary alicyclic amines) is 2. The van der Waals surface area contributed by atoms with Gasteiger partial charge in [-0.05, 0) is 51.9 Å². The van der Waals surface area contributed by atoms with Gasteiger partial charge < -0.3 is 19.3 Å². The highest BCUT2D eigenvalue weighted by atomic mass is 32.2. The summed E-state index contributed by atoms with van der Waals surface area (Å²) in [7, 11) is 0. The highest BCUT2D eigenvalue weighted by Gasteiger charge is 2.09. The van der Waals surface area contributed by atoms with Gasteiger partial charge in [0.25, 0.3) is 0 Å². The second-order valence-corrected chi connectivity index (χ2v) is 7.87.